The molecular formula is C16H13N3O2. The molecule has 0 saturated heterocycles. The number of amides is 1. The molecule has 0 fully saturated rings. The summed E-state index contributed by atoms with van der Waals surface area (Å²) in [5, 5.41) is 2.61. The maximum atomic E-state index is 12.2. The maximum Gasteiger partial charge on any atom is 0.251 e. The van der Waals surface area contributed by atoms with E-state index in [4.69, 9.17) is 0 Å². The molecule has 5 nitrogen and oxygen atoms in total. The van der Waals surface area contributed by atoms with Crippen molar-refractivity contribution in [2.24, 2.45) is 0 Å². The average Bonchev–Trinajstić information content (AvgIpc) is 2.97. The molecule has 0 radical (unpaired) electrons. The van der Waals surface area contributed by atoms with Gasteiger partial charge in [0.15, 0.2) is 0 Å². The second-order valence-electron chi connectivity index (χ2n) is 4.55. The van der Waals surface area contributed by atoms with Gasteiger partial charge in [-0.25, -0.2) is 4.98 Å². The van der Waals surface area contributed by atoms with E-state index in [9.17, 15) is 9.59 Å². The first kappa shape index (κ1) is 13.1. The van der Waals surface area contributed by atoms with Crippen molar-refractivity contribution in [2.75, 3.05) is 6.54 Å². The lowest BCUT2D eigenvalue weighted by molar-refractivity contribution is 0.0864. The topological polar surface area (TPSA) is 64.0 Å². The highest BCUT2D eigenvalue weighted by molar-refractivity contribution is 5.98. The quantitative estimate of drug-likeness (QED) is 0.798. The number of carbonyl (C=O) groups excluding carboxylic acids is 2. The summed E-state index contributed by atoms with van der Waals surface area (Å²) in [5.41, 5.74) is 2.01. The van der Waals surface area contributed by atoms with E-state index in [-0.39, 0.29) is 18.4 Å². The number of hydrogen-bond acceptors (Lipinski definition) is 3. The first-order valence-electron chi connectivity index (χ1n) is 6.54. The summed E-state index contributed by atoms with van der Waals surface area (Å²) in [6.07, 6.45) is 1.47. The third kappa shape index (κ3) is 2.67. The lowest BCUT2D eigenvalue weighted by Crippen LogP contribution is -2.32. The van der Waals surface area contributed by atoms with Gasteiger partial charge in [0.2, 0.25) is 0 Å². The van der Waals surface area contributed by atoms with E-state index in [0.717, 1.165) is 11.0 Å². The number of fused-ring (bicyclic) bond motifs is 1. The zero-order chi connectivity index (χ0) is 14.7. The van der Waals surface area contributed by atoms with Crippen LogP contribution in [0.1, 0.15) is 15.2 Å². The van der Waals surface area contributed by atoms with Crippen molar-refractivity contribution in [1.82, 2.24) is 14.9 Å². The van der Waals surface area contributed by atoms with Gasteiger partial charge in [-0.3, -0.25) is 14.2 Å². The predicted octanol–water partition coefficient (Wildman–Crippen LogP) is 2.11. The third-order valence-corrected chi connectivity index (χ3v) is 3.16. The Morgan fingerprint density at radius 2 is 1.71 bits per heavy atom. The van der Waals surface area contributed by atoms with Crippen LogP contribution in [-0.2, 0) is 0 Å². The highest BCUT2D eigenvalue weighted by Crippen LogP contribution is 2.11. The number of rotatable bonds is 3. The van der Waals surface area contributed by atoms with Crippen molar-refractivity contribution in [2.45, 2.75) is 0 Å². The summed E-state index contributed by atoms with van der Waals surface area (Å²) in [6, 6.07) is 16.2. The van der Waals surface area contributed by atoms with E-state index in [2.05, 4.69) is 10.3 Å². The summed E-state index contributed by atoms with van der Waals surface area (Å²) in [7, 11) is 0. The molecule has 0 aliphatic heterocycles. The molecule has 0 spiro atoms. The monoisotopic (exact) mass is 279 g/mol. The van der Waals surface area contributed by atoms with Gasteiger partial charge in [-0.15, -0.1) is 0 Å². The predicted molar refractivity (Wildman–Crippen MR) is 79.1 cm³/mol. The summed E-state index contributed by atoms with van der Waals surface area (Å²) in [6.45, 7) is -0.0753. The molecule has 0 bridgehead atoms. The molecule has 0 aliphatic carbocycles. The number of imidazole rings is 1. The molecule has 0 unspecified atom stereocenters. The average molecular weight is 279 g/mol. The van der Waals surface area contributed by atoms with Gasteiger partial charge in [-0.05, 0) is 24.3 Å². The molecule has 1 amide bonds. The Bertz CT molecular complexity index is 793. The molecule has 0 atom stereocenters. The molecule has 1 heterocycles. The molecule has 1 aromatic heterocycles. The number of benzene rings is 2. The molecule has 2 aromatic carbocycles. The van der Waals surface area contributed by atoms with Gasteiger partial charge < -0.3 is 5.32 Å². The molecule has 21 heavy (non-hydrogen) atoms. The molecule has 0 saturated carbocycles. The van der Waals surface area contributed by atoms with Gasteiger partial charge in [-0.2, -0.15) is 0 Å². The highest BCUT2D eigenvalue weighted by atomic mass is 16.2. The Morgan fingerprint density at radius 1 is 1.00 bits per heavy atom. The van der Waals surface area contributed by atoms with Gasteiger partial charge in [0, 0.05) is 5.56 Å². The highest BCUT2D eigenvalue weighted by Gasteiger charge is 2.11. The lowest BCUT2D eigenvalue weighted by Gasteiger charge is -2.05. The number of para-hydroxylation sites is 2. The lowest BCUT2D eigenvalue weighted by atomic mass is 10.2. The van der Waals surface area contributed by atoms with Crippen molar-refractivity contribution in [3.63, 3.8) is 0 Å². The van der Waals surface area contributed by atoms with Gasteiger partial charge in [0.25, 0.3) is 11.8 Å². The van der Waals surface area contributed by atoms with Crippen LogP contribution in [0.25, 0.3) is 11.0 Å². The van der Waals surface area contributed by atoms with E-state index in [1.54, 1.807) is 24.3 Å². The number of aromatic nitrogens is 2. The number of hydrogen-bond donors (Lipinski definition) is 1. The largest absolute Gasteiger partial charge is 0.343 e. The Morgan fingerprint density at radius 3 is 2.52 bits per heavy atom. The van der Waals surface area contributed by atoms with Crippen molar-refractivity contribution in [3.8, 4) is 0 Å². The standard InChI is InChI=1S/C16H13N3O2/c20-15(10-17-16(21)12-6-2-1-3-7-12)19-11-18-13-8-4-5-9-14(13)19/h1-9,11H,10H2,(H,17,21). The van der Waals surface area contributed by atoms with Crippen LogP contribution >= 0.6 is 0 Å². The molecule has 104 valence electrons. The SMILES string of the molecule is O=C(NCC(=O)n1cnc2ccccc21)c1ccccc1. The van der Waals surface area contributed by atoms with Gasteiger partial charge in [-0.1, -0.05) is 30.3 Å². The summed E-state index contributed by atoms with van der Waals surface area (Å²) >= 11 is 0. The van der Waals surface area contributed by atoms with Crippen molar-refractivity contribution >= 4 is 22.8 Å². The van der Waals surface area contributed by atoms with Crippen LogP contribution in [0.4, 0.5) is 0 Å². The van der Waals surface area contributed by atoms with Crippen molar-refractivity contribution in [1.29, 1.82) is 0 Å². The van der Waals surface area contributed by atoms with Crippen molar-refractivity contribution < 1.29 is 9.59 Å². The minimum Gasteiger partial charge on any atom is -0.343 e. The second-order valence-corrected chi connectivity index (χ2v) is 4.55. The molecule has 3 rings (SSSR count). The molecular weight excluding hydrogens is 266 g/mol. The molecule has 3 aromatic rings. The number of carbonyl (C=O) groups is 2. The van der Waals surface area contributed by atoms with Gasteiger partial charge >= 0.3 is 0 Å². The second kappa shape index (κ2) is 5.58. The van der Waals surface area contributed by atoms with E-state index in [1.807, 2.05) is 30.3 Å². The summed E-state index contributed by atoms with van der Waals surface area (Å²) < 4.78 is 1.45. The van der Waals surface area contributed by atoms with Crippen LogP contribution in [-0.4, -0.2) is 27.9 Å². The van der Waals surface area contributed by atoms with Gasteiger partial charge in [0.05, 0.1) is 17.6 Å². The normalized spacial score (nSPS) is 10.5. The number of nitrogens with one attached hydrogen (secondary N) is 1. The van der Waals surface area contributed by atoms with Crippen molar-refractivity contribution in [3.05, 3.63) is 66.5 Å². The zero-order valence-corrected chi connectivity index (χ0v) is 11.2. The molecule has 1 N–H and O–H groups in total. The van der Waals surface area contributed by atoms with E-state index in [0.29, 0.717) is 5.56 Å². The van der Waals surface area contributed by atoms with Crippen LogP contribution in [0.5, 0.6) is 0 Å². The Kier molecular flexibility index (Phi) is 3.47. The minimum atomic E-state index is -0.270. The van der Waals surface area contributed by atoms with Crippen LogP contribution in [0.15, 0.2) is 60.9 Å². The smallest absolute Gasteiger partial charge is 0.251 e. The number of nitrogens with zero attached hydrogens (tertiary/aromatic N) is 2. The fraction of sp³-hybridized carbons (Fsp3) is 0.0625. The van der Waals surface area contributed by atoms with Gasteiger partial charge in [0.1, 0.15) is 6.33 Å². The fourth-order valence-electron chi connectivity index (χ4n) is 2.09. The molecule has 0 aliphatic rings. The third-order valence-electron chi connectivity index (χ3n) is 3.16. The Labute approximate surface area is 121 Å². The maximum absolute atomic E-state index is 12.2. The Hall–Kier alpha value is -2.95. The van der Waals surface area contributed by atoms with Crippen LogP contribution < -0.4 is 5.32 Å². The van der Waals surface area contributed by atoms with Crippen LogP contribution in [0, 0.1) is 0 Å². The summed E-state index contributed by atoms with van der Waals surface area (Å²) in [4.78, 5) is 28.2. The minimum absolute atomic E-state index is 0.0753. The van der Waals surface area contributed by atoms with Crippen LogP contribution in [0.2, 0.25) is 0 Å². The first-order valence-corrected chi connectivity index (χ1v) is 6.54. The fourth-order valence-corrected chi connectivity index (χ4v) is 2.09. The zero-order valence-electron chi connectivity index (χ0n) is 11.2. The first-order chi connectivity index (χ1) is 10.3. The summed E-state index contributed by atoms with van der Waals surface area (Å²) in [5.74, 6) is -0.499. The van der Waals surface area contributed by atoms with E-state index < -0.39 is 0 Å². The van der Waals surface area contributed by atoms with E-state index in [1.165, 1.54) is 10.9 Å². The van der Waals surface area contributed by atoms with E-state index >= 15 is 0 Å². The Balaban J connectivity index is 1.71. The molecule has 5 heteroatoms. The van der Waals surface area contributed by atoms with Crippen LogP contribution in [0.3, 0.4) is 0 Å².